The highest BCUT2D eigenvalue weighted by molar-refractivity contribution is 6.33. The number of aliphatic hydroxyl groups excluding tert-OH is 1. The van der Waals surface area contributed by atoms with Crippen molar-refractivity contribution in [2.45, 2.75) is 31.7 Å². The van der Waals surface area contributed by atoms with E-state index in [2.05, 4.69) is 5.32 Å². The van der Waals surface area contributed by atoms with Crippen LogP contribution in [-0.2, 0) is 0 Å². The van der Waals surface area contributed by atoms with Gasteiger partial charge in [0.05, 0.1) is 10.7 Å². The number of hydrogen-bond donors (Lipinski definition) is 2. The second-order valence-electron chi connectivity index (χ2n) is 5.03. The van der Waals surface area contributed by atoms with E-state index in [0.717, 1.165) is 18.9 Å². The van der Waals surface area contributed by atoms with Crippen LogP contribution < -0.4 is 5.32 Å². The largest absolute Gasteiger partial charge is 0.396 e. The second-order valence-corrected chi connectivity index (χ2v) is 5.44. The first-order chi connectivity index (χ1) is 10.0. The van der Waals surface area contributed by atoms with Crippen molar-refractivity contribution in [3.05, 3.63) is 28.8 Å². The molecule has 1 fully saturated rings. The van der Waals surface area contributed by atoms with E-state index in [-0.39, 0.29) is 23.4 Å². The number of aliphatic hydroxyl groups is 1. The smallest absolute Gasteiger partial charge is 0.322 e. The van der Waals surface area contributed by atoms with Crippen LogP contribution in [0.15, 0.2) is 12.1 Å². The number of amides is 2. The number of nitrogens with one attached hydrogen (secondary N) is 1. The monoisotopic (exact) mass is 318 g/mol. The maximum atomic E-state index is 13.7. The maximum Gasteiger partial charge on any atom is 0.322 e. The van der Waals surface area contributed by atoms with Gasteiger partial charge in [-0.2, -0.15) is 0 Å². The van der Waals surface area contributed by atoms with Crippen molar-refractivity contribution in [2.75, 3.05) is 18.5 Å². The molecule has 0 unspecified atom stereocenters. The number of urea groups is 1. The van der Waals surface area contributed by atoms with Crippen molar-refractivity contribution in [1.29, 1.82) is 0 Å². The lowest BCUT2D eigenvalue weighted by atomic mass is 10.3. The first kappa shape index (κ1) is 16.0. The van der Waals surface area contributed by atoms with Gasteiger partial charge in [0.2, 0.25) is 0 Å². The zero-order chi connectivity index (χ0) is 15.4. The van der Waals surface area contributed by atoms with Gasteiger partial charge in [-0.05, 0) is 31.7 Å². The van der Waals surface area contributed by atoms with Crippen molar-refractivity contribution >= 4 is 23.3 Å². The van der Waals surface area contributed by atoms with Gasteiger partial charge in [-0.3, -0.25) is 0 Å². The van der Waals surface area contributed by atoms with Crippen LogP contribution in [0, 0.1) is 11.6 Å². The summed E-state index contributed by atoms with van der Waals surface area (Å²) in [6, 6.07) is 1.32. The van der Waals surface area contributed by atoms with Crippen LogP contribution in [0.1, 0.15) is 25.7 Å². The number of hydrogen-bond acceptors (Lipinski definition) is 2. The number of carbonyl (C=O) groups is 1. The van der Waals surface area contributed by atoms with Crippen molar-refractivity contribution in [2.24, 2.45) is 0 Å². The second kappa shape index (κ2) is 7.04. The van der Waals surface area contributed by atoms with Crippen LogP contribution in [-0.4, -0.2) is 35.2 Å². The summed E-state index contributed by atoms with van der Waals surface area (Å²) in [6.45, 7) is 0.552. The van der Waals surface area contributed by atoms with E-state index in [1.165, 1.54) is 0 Å². The molecule has 2 rings (SSSR count). The summed E-state index contributed by atoms with van der Waals surface area (Å²) in [5.41, 5.74) is -0.212. The Morgan fingerprint density at radius 3 is 2.67 bits per heavy atom. The van der Waals surface area contributed by atoms with Crippen LogP contribution in [0.2, 0.25) is 5.02 Å². The van der Waals surface area contributed by atoms with Gasteiger partial charge in [0.25, 0.3) is 0 Å². The molecule has 7 heteroatoms. The highest BCUT2D eigenvalue weighted by Crippen LogP contribution is 2.30. The van der Waals surface area contributed by atoms with Crippen molar-refractivity contribution in [3.8, 4) is 0 Å². The molecule has 1 aliphatic carbocycles. The number of benzene rings is 1. The minimum absolute atomic E-state index is 0.0680. The van der Waals surface area contributed by atoms with Gasteiger partial charge < -0.3 is 15.3 Å². The van der Waals surface area contributed by atoms with E-state index in [9.17, 15) is 13.6 Å². The molecular weight excluding hydrogens is 302 g/mol. The zero-order valence-electron chi connectivity index (χ0n) is 11.4. The normalized spacial score (nSPS) is 14.1. The summed E-state index contributed by atoms with van der Waals surface area (Å²) >= 11 is 5.76. The van der Waals surface area contributed by atoms with Crippen molar-refractivity contribution in [1.82, 2.24) is 4.90 Å². The average Bonchev–Trinajstić information content (AvgIpc) is 3.23. The molecule has 0 bridgehead atoms. The number of rotatable bonds is 6. The Labute approximate surface area is 126 Å². The first-order valence-electron chi connectivity index (χ1n) is 6.86. The van der Waals surface area contributed by atoms with Crippen molar-refractivity contribution < 1.29 is 18.7 Å². The molecule has 2 amide bonds. The Kier molecular flexibility index (Phi) is 5.36. The fraction of sp³-hybridized carbons (Fsp3) is 0.500. The van der Waals surface area contributed by atoms with E-state index < -0.39 is 17.7 Å². The molecule has 0 atom stereocenters. The molecule has 1 aliphatic rings. The Morgan fingerprint density at radius 1 is 1.38 bits per heavy atom. The van der Waals surface area contributed by atoms with Crippen molar-refractivity contribution in [3.63, 3.8) is 0 Å². The van der Waals surface area contributed by atoms with E-state index in [4.69, 9.17) is 16.7 Å². The number of nitrogens with zero attached hydrogens (tertiary/aromatic N) is 1. The summed E-state index contributed by atoms with van der Waals surface area (Å²) in [6.07, 6.45) is 3.08. The molecule has 21 heavy (non-hydrogen) atoms. The predicted octanol–water partition coefficient (Wildman–Crippen LogP) is 3.39. The van der Waals surface area contributed by atoms with Crippen LogP contribution >= 0.6 is 11.6 Å². The summed E-state index contributed by atoms with van der Waals surface area (Å²) in [7, 11) is 0. The Balaban J connectivity index is 2.05. The molecule has 116 valence electrons. The summed E-state index contributed by atoms with van der Waals surface area (Å²) in [5, 5.41) is 11.0. The third-order valence-electron chi connectivity index (χ3n) is 3.29. The van der Waals surface area contributed by atoms with Gasteiger partial charge in [0, 0.05) is 25.3 Å². The van der Waals surface area contributed by atoms with Crippen LogP contribution in [0.25, 0.3) is 0 Å². The molecule has 0 heterocycles. The van der Waals surface area contributed by atoms with Gasteiger partial charge in [-0.25, -0.2) is 13.6 Å². The number of anilines is 1. The summed E-state index contributed by atoms with van der Waals surface area (Å²) in [5.74, 6) is -1.70. The minimum atomic E-state index is -0.903. The van der Waals surface area contributed by atoms with Gasteiger partial charge in [-0.1, -0.05) is 11.6 Å². The fourth-order valence-electron chi connectivity index (χ4n) is 2.07. The van der Waals surface area contributed by atoms with Crippen LogP contribution in [0.4, 0.5) is 19.3 Å². The predicted molar refractivity (Wildman–Crippen MR) is 76.4 cm³/mol. The molecule has 2 N–H and O–H groups in total. The molecule has 0 spiro atoms. The minimum Gasteiger partial charge on any atom is -0.396 e. The molecule has 4 nitrogen and oxygen atoms in total. The number of halogens is 3. The summed E-state index contributed by atoms with van der Waals surface area (Å²) in [4.78, 5) is 13.8. The van der Waals surface area contributed by atoms with Crippen LogP contribution in [0.3, 0.4) is 0 Å². The lowest BCUT2D eigenvalue weighted by molar-refractivity contribution is 0.204. The Bertz CT molecular complexity index is 501. The zero-order valence-corrected chi connectivity index (χ0v) is 12.2. The molecule has 0 aliphatic heterocycles. The van der Waals surface area contributed by atoms with Gasteiger partial charge in [0.1, 0.15) is 5.82 Å². The third-order valence-corrected chi connectivity index (χ3v) is 3.59. The average molecular weight is 319 g/mol. The lowest BCUT2D eigenvalue weighted by Gasteiger charge is -2.23. The molecular formula is C14H17ClF2N2O2. The molecule has 0 radical (unpaired) electrons. The van der Waals surface area contributed by atoms with E-state index in [1.54, 1.807) is 4.90 Å². The van der Waals surface area contributed by atoms with Gasteiger partial charge >= 0.3 is 6.03 Å². The number of carbonyl (C=O) groups excluding carboxylic acids is 1. The third kappa shape index (κ3) is 4.28. The molecule has 1 saturated carbocycles. The Morgan fingerprint density at radius 2 is 2.10 bits per heavy atom. The van der Waals surface area contributed by atoms with E-state index in [0.29, 0.717) is 25.5 Å². The molecule has 0 aromatic heterocycles. The standard InChI is InChI=1S/C14H17ClF2N2O2/c15-11-7-9(16)8-12(17)13(11)18-14(21)19(10-3-4-10)5-1-2-6-20/h7-8,10,20H,1-6H2,(H,18,21). The SMILES string of the molecule is O=C(Nc1c(F)cc(F)cc1Cl)N(CCCCO)C1CC1. The van der Waals surface area contributed by atoms with Crippen LogP contribution in [0.5, 0.6) is 0 Å². The Hall–Kier alpha value is -1.40. The fourth-order valence-corrected chi connectivity index (χ4v) is 2.31. The molecule has 1 aromatic carbocycles. The highest BCUT2D eigenvalue weighted by atomic mass is 35.5. The van der Waals surface area contributed by atoms with Gasteiger partial charge in [-0.15, -0.1) is 0 Å². The summed E-state index contributed by atoms with van der Waals surface area (Å²) < 4.78 is 26.6. The van der Waals surface area contributed by atoms with E-state index >= 15 is 0 Å². The quantitative estimate of drug-likeness (QED) is 0.790. The lowest BCUT2D eigenvalue weighted by Crippen LogP contribution is -2.37. The topological polar surface area (TPSA) is 52.6 Å². The first-order valence-corrected chi connectivity index (χ1v) is 7.23. The maximum absolute atomic E-state index is 13.7. The van der Waals surface area contributed by atoms with Gasteiger partial charge in [0.15, 0.2) is 5.82 Å². The number of unbranched alkanes of at least 4 members (excludes halogenated alkanes) is 1. The van der Waals surface area contributed by atoms with E-state index in [1.807, 2.05) is 0 Å². The molecule has 1 aromatic rings. The highest BCUT2D eigenvalue weighted by Gasteiger charge is 2.32. The molecule has 0 saturated heterocycles.